The second-order valence-corrected chi connectivity index (χ2v) is 7.02. The fourth-order valence-corrected chi connectivity index (χ4v) is 3.45. The third-order valence-corrected chi connectivity index (χ3v) is 5.09. The first-order valence-corrected chi connectivity index (χ1v) is 9.56. The molecule has 0 bridgehead atoms. The number of oxazole rings is 1. The number of ether oxygens (including phenoxy) is 2. The van der Waals surface area contributed by atoms with Crippen molar-refractivity contribution >= 4 is 17.0 Å². The summed E-state index contributed by atoms with van der Waals surface area (Å²) >= 11 is 1.54. The summed E-state index contributed by atoms with van der Waals surface area (Å²) in [5, 5.41) is 13.2. The van der Waals surface area contributed by atoms with E-state index in [2.05, 4.69) is 4.98 Å². The fourth-order valence-electron chi connectivity index (χ4n) is 2.79. The Labute approximate surface area is 170 Å². The lowest BCUT2D eigenvalue weighted by molar-refractivity contribution is -0.384. The third-order valence-electron chi connectivity index (χ3n) is 4.23. The molecule has 0 fully saturated rings. The van der Waals surface area contributed by atoms with E-state index in [1.165, 1.54) is 23.5 Å². The highest BCUT2D eigenvalue weighted by molar-refractivity contribution is 7.13. The summed E-state index contributed by atoms with van der Waals surface area (Å²) in [6.45, 7) is 0.176. The monoisotopic (exact) mass is 408 g/mol. The summed E-state index contributed by atoms with van der Waals surface area (Å²) < 4.78 is 16.6. The number of rotatable bonds is 7. The second-order valence-electron chi connectivity index (χ2n) is 6.08. The second kappa shape index (κ2) is 8.15. The Kier molecular flexibility index (Phi) is 5.26. The lowest BCUT2D eigenvalue weighted by Crippen LogP contribution is -1.98. The van der Waals surface area contributed by atoms with E-state index in [0.29, 0.717) is 28.6 Å². The van der Waals surface area contributed by atoms with Crippen LogP contribution in [0.15, 0.2) is 70.7 Å². The maximum atomic E-state index is 11.2. The number of thiophene rings is 1. The van der Waals surface area contributed by atoms with Gasteiger partial charge in [0.2, 0.25) is 5.89 Å². The fraction of sp³-hybridized carbons (Fsp3) is 0.0952. The highest BCUT2D eigenvalue weighted by atomic mass is 32.1. The summed E-state index contributed by atoms with van der Waals surface area (Å²) in [6.07, 6.45) is 1.55. The van der Waals surface area contributed by atoms with Gasteiger partial charge in [-0.05, 0) is 35.2 Å². The number of non-ortho nitro benzene ring substituents is 1. The third kappa shape index (κ3) is 4.12. The molecule has 0 radical (unpaired) electrons. The van der Waals surface area contributed by atoms with E-state index in [9.17, 15) is 10.1 Å². The normalized spacial score (nSPS) is 10.7. The molecule has 0 aliphatic carbocycles. The molecule has 0 saturated heterocycles. The van der Waals surface area contributed by atoms with Gasteiger partial charge in [0, 0.05) is 17.7 Å². The molecule has 0 atom stereocenters. The summed E-state index contributed by atoms with van der Waals surface area (Å²) in [4.78, 5) is 16.2. The number of methoxy groups -OCH3 is 1. The molecule has 2 heterocycles. The maximum Gasteiger partial charge on any atom is 0.270 e. The number of benzene rings is 2. The van der Waals surface area contributed by atoms with Crippen LogP contribution < -0.4 is 9.47 Å². The van der Waals surface area contributed by atoms with Crippen LogP contribution in [0, 0.1) is 10.1 Å². The lowest BCUT2D eigenvalue weighted by Gasteiger charge is -2.11. The van der Waals surface area contributed by atoms with Crippen molar-refractivity contribution in [1.82, 2.24) is 4.98 Å². The van der Waals surface area contributed by atoms with Gasteiger partial charge in [-0.1, -0.05) is 18.2 Å². The number of nitro benzene ring substituents is 1. The van der Waals surface area contributed by atoms with Crippen LogP contribution in [0.4, 0.5) is 5.69 Å². The molecule has 7 nitrogen and oxygen atoms in total. The van der Waals surface area contributed by atoms with E-state index < -0.39 is 4.92 Å². The van der Waals surface area contributed by atoms with E-state index in [1.54, 1.807) is 31.6 Å². The molecular formula is C21H16N2O5S. The Bertz CT molecular complexity index is 1120. The van der Waals surface area contributed by atoms with Gasteiger partial charge in [0.15, 0.2) is 0 Å². The zero-order valence-corrected chi connectivity index (χ0v) is 16.2. The zero-order valence-electron chi connectivity index (χ0n) is 15.4. The Morgan fingerprint density at radius 1 is 1.17 bits per heavy atom. The Balaban J connectivity index is 1.60. The van der Waals surface area contributed by atoms with Gasteiger partial charge in [-0.3, -0.25) is 10.1 Å². The minimum Gasteiger partial charge on any atom is -0.497 e. The van der Waals surface area contributed by atoms with E-state index in [0.717, 1.165) is 10.4 Å². The summed E-state index contributed by atoms with van der Waals surface area (Å²) in [7, 11) is 1.58. The van der Waals surface area contributed by atoms with Crippen molar-refractivity contribution in [2.24, 2.45) is 0 Å². The molecule has 4 rings (SSSR count). The number of nitro groups is 1. The van der Waals surface area contributed by atoms with E-state index >= 15 is 0 Å². The predicted molar refractivity (Wildman–Crippen MR) is 109 cm³/mol. The first-order chi connectivity index (χ1) is 14.1. The van der Waals surface area contributed by atoms with Crippen molar-refractivity contribution in [2.75, 3.05) is 7.11 Å². The average Bonchev–Trinajstić information content (AvgIpc) is 3.44. The molecular weight excluding hydrogens is 392 g/mol. The van der Waals surface area contributed by atoms with Crippen LogP contribution in [0.1, 0.15) is 5.69 Å². The SMILES string of the molecule is COc1ccc(-c2cc([N+](=O)[O-])ccc2OCc2coc(-c3cccs3)n2)cc1. The van der Waals surface area contributed by atoms with Crippen LogP contribution in [-0.2, 0) is 6.61 Å². The van der Waals surface area contributed by atoms with Crippen LogP contribution in [0.3, 0.4) is 0 Å². The van der Waals surface area contributed by atoms with Gasteiger partial charge in [0.25, 0.3) is 5.69 Å². The highest BCUT2D eigenvalue weighted by Crippen LogP contribution is 2.35. The van der Waals surface area contributed by atoms with Crippen molar-refractivity contribution in [1.29, 1.82) is 0 Å². The highest BCUT2D eigenvalue weighted by Gasteiger charge is 2.15. The van der Waals surface area contributed by atoms with Crippen molar-refractivity contribution in [2.45, 2.75) is 6.61 Å². The summed E-state index contributed by atoms with van der Waals surface area (Å²) in [6, 6.07) is 15.6. The molecule has 0 N–H and O–H groups in total. The van der Waals surface area contributed by atoms with Gasteiger partial charge in [0.05, 0.1) is 16.9 Å². The predicted octanol–water partition coefficient (Wildman–Crippen LogP) is 5.57. The number of nitrogens with zero attached hydrogens (tertiary/aromatic N) is 2. The lowest BCUT2D eigenvalue weighted by atomic mass is 10.0. The van der Waals surface area contributed by atoms with Crippen LogP contribution in [0.2, 0.25) is 0 Å². The number of aromatic nitrogens is 1. The molecule has 2 aromatic carbocycles. The topological polar surface area (TPSA) is 87.6 Å². The average molecular weight is 408 g/mol. The number of hydrogen-bond acceptors (Lipinski definition) is 7. The van der Waals surface area contributed by atoms with E-state index in [1.807, 2.05) is 29.6 Å². The minimum atomic E-state index is -0.429. The van der Waals surface area contributed by atoms with E-state index in [4.69, 9.17) is 13.9 Å². The summed E-state index contributed by atoms with van der Waals surface area (Å²) in [5.74, 6) is 1.75. The van der Waals surface area contributed by atoms with Crippen LogP contribution >= 0.6 is 11.3 Å². The molecule has 2 aromatic heterocycles. The molecule has 4 aromatic rings. The molecule has 0 amide bonds. The molecule has 0 unspecified atom stereocenters. The standard InChI is InChI=1S/C21H16N2O5S/c1-26-17-7-4-14(5-8-17)18-11-16(23(24)25)6-9-19(18)27-12-15-13-28-21(22-15)20-3-2-10-29-20/h2-11,13H,12H2,1H3. The largest absolute Gasteiger partial charge is 0.497 e. The van der Waals surface area contributed by atoms with Gasteiger partial charge in [-0.2, -0.15) is 0 Å². The molecule has 0 aliphatic rings. The van der Waals surface area contributed by atoms with Crippen LogP contribution in [0.25, 0.3) is 21.9 Å². The number of hydrogen-bond donors (Lipinski definition) is 0. The summed E-state index contributed by atoms with van der Waals surface area (Å²) in [5.41, 5.74) is 2.02. The van der Waals surface area contributed by atoms with Gasteiger partial charge in [-0.15, -0.1) is 11.3 Å². The van der Waals surface area contributed by atoms with Gasteiger partial charge in [-0.25, -0.2) is 4.98 Å². The van der Waals surface area contributed by atoms with Crippen molar-refractivity contribution < 1.29 is 18.8 Å². The van der Waals surface area contributed by atoms with E-state index in [-0.39, 0.29) is 12.3 Å². The Morgan fingerprint density at radius 3 is 2.69 bits per heavy atom. The maximum absolute atomic E-state index is 11.2. The Hall–Kier alpha value is -3.65. The first-order valence-electron chi connectivity index (χ1n) is 8.68. The van der Waals surface area contributed by atoms with Crippen molar-refractivity contribution in [3.63, 3.8) is 0 Å². The van der Waals surface area contributed by atoms with Crippen LogP contribution in [-0.4, -0.2) is 17.0 Å². The smallest absolute Gasteiger partial charge is 0.270 e. The molecule has 0 spiro atoms. The van der Waals surface area contributed by atoms with Gasteiger partial charge >= 0.3 is 0 Å². The minimum absolute atomic E-state index is 0.00964. The zero-order chi connectivity index (χ0) is 20.2. The first kappa shape index (κ1) is 18.7. The quantitative estimate of drug-likeness (QED) is 0.294. The van der Waals surface area contributed by atoms with Crippen LogP contribution in [0.5, 0.6) is 11.5 Å². The molecule has 29 heavy (non-hydrogen) atoms. The molecule has 0 saturated carbocycles. The Morgan fingerprint density at radius 2 is 2.00 bits per heavy atom. The molecule has 146 valence electrons. The molecule has 0 aliphatic heterocycles. The molecule has 8 heteroatoms. The van der Waals surface area contributed by atoms with Crippen molar-refractivity contribution in [3.05, 3.63) is 82.0 Å². The van der Waals surface area contributed by atoms with Crippen molar-refractivity contribution in [3.8, 4) is 33.4 Å². The van der Waals surface area contributed by atoms with Gasteiger partial charge < -0.3 is 13.9 Å². The van der Waals surface area contributed by atoms with Gasteiger partial charge in [0.1, 0.15) is 30.1 Å².